The maximum atomic E-state index is 3.65. The second kappa shape index (κ2) is 4.77. The highest BCUT2D eigenvalue weighted by Gasteiger charge is 2.44. The Morgan fingerprint density at radius 3 is 2.54 bits per heavy atom. The van der Waals surface area contributed by atoms with E-state index in [0.717, 1.165) is 25.6 Å². The summed E-state index contributed by atoms with van der Waals surface area (Å²) >= 11 is 0. The van der Waals surface area contributed by atoms with Crippen LogP contribution in [-0.2, 0) is 0 Å². The zero-order valence-corrected chi connectivity index (χ0v) is 8.90. The quantitative estimate of drug-likeness (QED) is 0.459. The molecule has 0 aliphatic heterocycles. The van der Waals surface area contributed by atoms with Gasteiger partial charge in [-0.3, -0.25) is 0 Å². The van der Waals surface area contributed by atoms with Crippen molar-refractivity contribution in [2.45, 2.75) is 20.3 Å². The van der Waals surface area contributed by atoms with Gasteiger partial charge in [0.2, 0.25) is 0 Å². The Labute approximate surface area is 81.8 Å². The Balaban J connectivity index is 1.83. The van der Waals surface area contributed by atoms with Crippen LogP contribution in [-0.4, -0.2) is 26.2 Å². The molecule has 1 atom stereocenters. The topological polar surface area (TPSA) is 24.1 Å². The van der Waals surface area contributed by atoms with Gasteiger partial charge in [-0.25, -0.2) is 0 Å². The van der Waals surface area contributed by atoms with Crippen molar-refractivity contribution in [1.29, 1.82) is 0 Å². The fraction of sp³-hybridized carbons (Fsp3) is 0.818. The van der Waals surface area contributed by atoms with Crippen LogP contribution in [0.2, 0.25) is 0 Å². The number of hydrogen-bond donors (Lipinski definition) is 2. The first-order chi connectivity index (χ1) is 6.17. The first-order valence-electron chi connectivity index (χ1n) is 5.19. The third-order valence-corrected chi connectivity index (χ3v) is 2.88. The highest BCUT2D eigenvalue weighted by atomic mass is 14.9. The van der Waals surface area contributed by atoms with E-state index in [2.05, 4.69) is 31.1 Å². The van der Waals surface area contributed by atoms with E-state index >= 15 is 0 Å². The number of rotatable bonds is 7. The molecule has 0 saturated heterocycles. The molecule has 2 N–H and O–H groups in total. The summed E-state index contributed by atoms with van der Waals surface area (Å²) in [7, 11) is 0. The minimum atomic E-state index is 0.613. The van der Waals surface area contributed by atoms with Gasteiger partial charge in [0.25, 0.3) is 0 Å². The molecule has 0 radical (unpaired) electrons. The Bertz CT molecular complexity index is 163. The van der Waals surface area contributed by atoms with Gasteiger partial charge in [0.15, 0.2) is 0 Å². The molecule has 1 aliphatic rings. The molecule has 1 unspecified atom stereocenters. The molecule has 13 heavy (non-hydrogen) atoms. The van der Waals surface area contributed by atoms with Gasteiger partial charge < -0.3 is 10.6 Å². The summed E-state index contributed by atoms with van der Waals surface area (Å²) in [5.74, 6) is 0.909. The maximum absolute atomic E-state index is 3.65. The van der Waals surface area contributed by atoms with Crippen LogP contribution in [0.25, 0.3) is 0 Å². The standard InChI is InChI=1S/C11H22N2/c1-4-5-12-6-7-13-9-10-8-11(10,2)3/h4,10,12-13H,1,5-9H2,2-3H3. The van der Waals surface area contributed by atoms with E-state index in [-0.39, 0.29) is 0 Å². The molecule has 0 aromatic rings. The van der Waals surface area contributed by atoms with Crippen molar-refractivity contribution in [2.75, 3.05) is 26.2 Å². The second-order valence-corrected chi connectivity index (χ2v) is 4.59. The van der Waals surface area contributed by atoms with Crippen LogP contribution in [0.15, 0.2) is 12.7 Å². The SMILES string of the molecule is C=CCNCCNCC1CC1(C)C. The molecular weight excluding hydrogens is 160 g/mol. The van der Waals surface area contributed by atoms with Crippen LogP contribution in [0.3, 0.4) is 0 Å². The first-order valence-corrected chi connectivity index (χ1v) is 5.19. The lowest BCUT2D eigenvalue weighted by molar-refractivity contribution is 0.515. The molecule has 0 aromatic carbocycles. The lowest BCUT2D eigenvalue weighted by Gasteiger charge is -2.06. The summed E-state index contributed by atoms with van der Waals surface area (Å²) in [6.45, 7) is 12.5. The fourth-order valence-corrected chi connectivity index (χ4v) is 1.58. The van der Waals surface area contributed by atoms with E-state index in [9.17, 15) is 0 Å². The molecule has 76 valence electrons. The summed E-state index contributed by atoms with van der Waals surface area (Å²) in [5.41, 5.74) is 0.613. The van der Waals surface area contributed by atoms with E-state index in [1.54, 1.807) is 0 Å². The largest absolute Gasteiger partial charge is 0.315 e. The summed E-state index contributed by atoms with van der Waals surface area (Å²) in [4.78, 5) is 0. The predicted molar refractivity (Wildman–Crippen MR) is 57.8 cm³/mol. The highest BCUT2D eigenvalue weighted by molar-refractivity contribution is 4.96. The molecule has 0 heterocycles. The molecule has 1 aliphatic carbocycles. The minimum absolute atomic E-state index is 0.613. The Morgan fingerprint density at radius 2 is 2.00 bits per heavy atom. The lowest BCUT2D eigenvalue weighted by Crippen LogP contribution is -2.29. The smallest absolute Gasteiger partial charge is 0.0132 e. The molecular formula is C11H22N2. The van der Waals surface area contributed by atoms with Crippen molar-refractivity contribution in [3.8, 4) is 0 Å². The van der Waals surface area contributed by atoms with Gasteiger partial charge in [0.1, 0.15) is 0 Å². The highest BCUT2D eigenvalue weighted by Crippen LogP contribution is 2.50. The van der Waals surface area contributed by atoms with E-state index < -0.39 is 0 Å². The summed E-state index contributed by atoms with van der Waals surface area (Å²) in [6.07, 6.45) is 3.28. The summed E-state index contributed by atoms with van der Waals surface area (Å²) < 4.78 is 0. The van der Waals surface area contributed by atoms with Crippen molar-refractivity contribution in [3.05, 3.63) is 12.7 Å². The Hall–Kier alpha value is -0.340. The molecule has 1 fully saturated rings. The molecule has 1 saturated carbocycles. The number of hydrogen-bond acceptors (Lipinski definition) is 2. The lowest BCUT2D eigenvalue weighted by atomic mass is 10.1. The molecule has 1 rings (SSSR count). The average molecular weight is 182 g/mol. The zero-order chi connectivity index (χ0) is 9.73. The van der Waals surface area contributed by atoms with Gasteiger partial charge in [0, 0.05) is 19.6 Å². The minimum Gasteiger partial charge on any atom is -0.315 e. The van der Waals surface area contributed by atoms with Crippen LogP contribution < -0.4 is 10.6 Å². The van der Waals surface area contributed by atoms with E-state index in [4.69, 9.17) is 0 Å². The van der Waals surface area contributed by atoms with Crippen LogP contribution in [0.1, 0.15) is 20.3 Å². The van der Waals surface area contributed by atoms with Crippen molar-refractivity contribution in [3.63, 3.8) is 0 Å². The first kappa shape index (κ1) is 10.7. The third-order valence-electron chi connectivity index (χ3n) is 2.88. The van der Waals surface area contributed by atoms with Crippen molar-refractivity contribution in [2.24, 2.45) is 11.3 Å². The molecule has 0 spiro atoms. The van der Waals surface area contributed by atoms with Gasteiger partial charge in [-0.1, -0.05) is 19.9 Å². The van der Waals surface area contributed by atoms with Crippen LogP contribution in [0.4, 0.5) is 0 Å². The van der Waals surface area contributed by atoms with Crippen LogP contribution >= 0.6 is 0 Å². The van der Waals surface area contributed by atoms with Crippen molar-refractivity contribution >= 4 is 0 Å². The van der Waals surface area contributed by atoms with Gasteiger partial charge in [-0.15, -0.1) is 6.58 Å². The molecule has 0 aromatic heterocycles. The normalized spacial score (nSPS) is 24.3. The van der Waals surface area contributed by atoms with E-state index in [0.29, 0.717) is 5.41 Å². The molecule has 2 nitrogen and oxygen atoms in total. The van der Waals surface area contributed by atoms with Gasteiger partial charge >= 0.3 is 0 Å². The Morgan fingerprint density at radius 1 is 1.38 bits per heavy atom. The summed E-state index contributed by atoms with van der Waals surface area (Å²) in [6, 6.07) is 0. The maximum Gasteiger partial charge on any atom is 0.0132 e. The van der Waals surface area contributed by atoms with Crippen LogP contribution in [0.5, 0.6) is 0 Å². The van der Waals surface area contributed by atoms with Crippen molar-refractivity contribution in [1.82, 2.24) is 10.6 Å². The van der Waals surface area contributed by atoms with E-state index in [1.807, 2.05) is 6.08 Å². The van der Waals surface area contributed by atoms with E-state index in [1.165, 1.54) is 13.0 Å². The third kappa shape index (κ3) is 3.92. The fourth-order valence-electron chi connectivity index (χ4n) is 1.58. The zero-order valence-electron chi connectivity index (χ0n) is 8.90. The Kier molecular flexibility index (Phi) is 3.94. The van der Waals surface area contributed by atoms with Crippen molar-refractivity contribution < 1.29 is 0 Å². The molecule has 0 amide bonds. The molecule has 2 heteroatoms. The second-order valence-electron chi connectivity index (χ2n) is 4.59. The number of nitrogens with one attached hydrogen (secondary N) is 2. The summed E-state index contributed by atoms with van der Waals surface area (Å²) in [5, 5.41) is 6.73. The molecule has 0 bridgehead atoms. The predicted octanol–water partition coefficient (Wildman–Crippen LogP) is 1.40. The average Bonchev–Trinajstić information content (AvgIpc) is 2.67. The monoisotopic (exact) mass is 182 g/mol. The van der Waals surface area contributed by atoms with Gasteiger partial charge in [-0.2, -0.15) is 0 Å². The van der Waals surface area contributed by atoms with Gasteiger partial charge in [0.05, 0.1) is 0 Å². The van der Waals surface area contributed by atoms with Crippen LogP contribution in [0, 0.1) is 11.3 Å². The van der Waals surface area contributed by atoms with Gasteiger partial charge in [-0.05, 0) is 24.3 Å².